The number of hydrogen-bond acceptors (Lipinski definition) is 8. The molecular weight excluding hydrogens is 504 g/mol. The summed E-state index contributed by atoms with van der Waals surface area (Å²) in [5.74, 6) is 1.94. The Kier molecular flexibility index (Phi) is 8.20. The van der Waals surface area contributed by atoms with Crippen molar-refractivity contribution in [2.45, 2.75) is 51.1 Å². The zero-order valence-electron chi connectivity index (χ0n) is 23.8. The highest BCUT2D eigenvalue weighted by Gasteiger charge is 2.32. The number of fused-ring (bicyclic) bond motifs is 2. The van der Waals surface area contributed by atoms with E-state index in [0.29, 0.717) is 31.7 Å². The predicted octanol–water partition coefficient (Wildman–Crippen LogP) is 2.71. The molecular formula is C31H42N6O3. The second-order valence-electron chi connectivity index (χ2n) is 11.4. The number of carbonyl (C=O) groups is 1. The van der Waals surface area contributed by atoms with E-state index in [1.807, 2.05) is 4.90 Å². The van der Waals surface area contributed by atoms with Crippen LogP contribution in [0.1, 0.15) is 41.6 Å². The number of ether oxygens (including phenoxy) is 2. The van der Waals surface area contributed by atoms with Crippen molar-refractivity contribution in [1.82, 2.24) is 24.7 Å². The molecule has 0 radical (unpaired) electrons. The van der Waals surface area contributed by atoms with Crippen LogP contribution in [0.4, 0.5) is 5.82 Å². The van der Waals surface area contributed by atoms with E-state index in [4.69, 9.17) is 19.4 Å². The van der Waals surface area contributed by atoms with Gasteiger partial charge in [-0.15, -0.1) is 0 Å². The predicted molar refractivity (Wildman–Crippen MR) is 155 cm³/mol. The Morgan fingerprint density at radius 1 is 1.05 bits per heavy atom. The SMILES string of the molecule is C=CC(=O)N1CCN(c2nc(OCCN3CCCC3)nc3c2CCC(N2CCc4cc(OC)ccc4C2)C3)CC1. The largest absolute Gasteiger partial charge is 0.497 e. The minimum Gasteiger partial charge on any atom is -0.497 e. The van der Waals surface area contributed by atoms with E-state index in [2.05, 4.69) is 39.5 Å². The molecule has 1 aliphatic carbocycles. The first-order valence-corrected chi connectivity index (χ1v) is 14.9. The first-order valence-electron chi connectivity index (χ1n) is 14.9. The maximum absolute atomic E-state index is 12.1. The number of nitrogens with zero attached hydrogens (tertiary/aromatic N) is 6. The molecule has 1 aromatic carbocycles. The molecule has 2 saturated heterocycles. The first kappa shape index (κ1) is 27.0. The monoisotopic (exact) mass is 546 g/mol. The van der Waals surface area contributed by atoms with E-state index in [0.717, 1.165) is 88.8 Å². The summed E-state index contributed by atoms with van der Waals surface area (Å²) in [6.07, 6.45) is 7.97. The van der Waals surface area contributed by atoms with Crippen LogP contribution in [-0.4, -0.2) is 103 Å². The lowest BCUT2D eigenvalue weighted by molar-refractivity contribution is -0.126. The summed E-state index contributed by atoms with van der Waals surface area (Å²) >= 11 is 0. The molecule has 9 heteroatoms. The second kappa shape index (κ2) is 12.1. The molecule has 4 heterocycles. The van der Waals surface area contributed by atoms with Crippen LogP contribution in [0.25, 0.3) is 0 Å². The number of rotatable bonds is 8. The molecule has 0 saturated carbocycles. The van der Waals surface area contributed by atoms with Crippen LogP contribution in [0.15, 0.2) is 30.9 Å². The Morgan fingerprint density at radius 2 is 1.88 bits per heavy atom. The minimum absolute atomic E-state index is 0.000285. The van der Waals surface area contributed by atoms with E-state index in [1.165, 1.54) is 35.6 Å². The Bertz CT molecular complexity index is 1220. The van der Waals surface area contributed by atoms with Gasteiger partial charge in [-0.3, -0.25) is 14.6 Å². The van der Waals surface area contributed by atoms with Gasteiger partial charge in [-0.25, -0.2) is 0 Å². The number of carbonyl (C=O) groups excluding carboxylic acids is 1. The summed E-state index contributed by atoms with van der Waals surface area (Å²) in [4.78, 5) is 31.4. The molecule has 2 fully saturated rings. The smallest absolute Gasteiger partial charge is 0.318 e. The fourth-order valence-electron chi connectivity index (χ4n) is 6.72. The maximum atomic E-state index is 12.1. The quantitative estimate of drug-likeness (QED) is 0.468. The lowest BCUT2D eigenvalue weighted by atomic mass is 9.88. The standard InChI is InChI=1S/C31H42N6O3/c1-3-29(38)35-14-16-36(17-15-35)30-27-9-7-25(37-13-10-23-20-26(39-2)8-6-24(23)22-37)21-28(27)32-31(33-30)40-19-18-34-11-4-5-12-34/h3,6,8,20,25H,1,4-5,7,9-19,21-22H2,2H3. The molecule has 4 aliphatic rings. The van der Waals surface area contributed by atoms with Gasteiger partial charge in [0.15, 0.2) is 0 Å². The van der Waals surface area contributed by atoms with Crippen molar-refractivity contribution in [2.75, 3.05) is 71.0 Å². The van der Waals surface area contributed by atoms with Gasteiger partial charge in [-0.1, -0.05) is 12.6 Å². The summed E-state index contributed by atoms with van der Waals surface area (Å²) in [6, 6.07) is 7.43. The third kappa shape index (κ3) is 5.81. The van der Waals surface area contributed by atoms with Crippen molar-refractivity contribution in [3.8, 4) is 11.8 Å². The molecule has 0 N–H and O–H groups in total. The van der Waals surface area contributed by atoms with E-state index in [-0.39, 0.29) is 5.91 Å². The zero-order valence-corrected chi connectivity index (χ0v) is 23.8. The fourth-order valence-corrected chi connectivity index (χ4v) is 6.72. The lowest BCUT2D eigenvalue weighted by Gasteiger charge is -2.40. The number of anilines is 1. The van der Waals surface area contributed by atoms with Gasteiger partial charge in [0.1, 0.15) is 18.2 Å². The van der Waals surface area contributed by atoms with Crippen LogP contribution < -0.4 is 14.4 Å². The average Bonchev–Trinajstić information content (AvgIpc) is 3.53. The second-order valence-corrected chi connectivity index (χ2v) is 11.4. The third-order valence-corrected chi connectivity index (χ3v) is 9.08. The Morgan fingerprint density at radius 3 is 2.65 bits per heavy atom. The van der Waals surface area contributed by atoms with Crippen molar-refractivity contribution < 1.29 is 14.3 Å². The molecule has 0 bridgehead atoms. The number of amides is 1. The number of likely N-dealkylation sites (tertiary alicyclic amines) is 1. The average molecular weight is 547 g/mol. The minimum atomic E-state index is -0.000285. The number of methoxy groups -OCH3 is 1. The topological polar surface area (TPSA) is 74.3 Å². The van der Waals surface area contributed by atoms with Gasteiger partial charge in [0.05, 0.1) is 12.8 Å². The van der Waals surface area contributed by atoms with E-state index >= 15 is 0 Å². The maximum Gasteiger partial charge on any atom is 0.318 e. The van der Waals surface area contributed by atoms with Gasteiger partial charge in [-0.05, 0) is 74.5 Å². The van der Waals surface area contributed by atoms with Crippen LogP contribution in [0.5, 0.6) is 11.8 Å². The van der Waals surface area contributed by atoms with Gasteiger partial charge >= 0.3 is 6.01 Å². The van der Waals surface area contributed by atoms with Gasteiger partial charge in [-0.2, -0.15) is 9.97 Å². The molecule has 1 amide bonds. The number of hydrogen-bond donors (Lipinski definition) is 0. The molecule has 3 aliphatic heterocycles. The normalized spacial score (nSPS) is 21.6. The molecule has 1 unspecified atom stereocenters. The number of aromatic nitrogens is 2. The van der Waals surface area contributed by atoms with Crippen LogP contribution in [0.2, 0.25) is 0 Å². The molecule has 1 aromatic heterocycles. The Hall–Kier alpha value is -3.17. The molecule has 2 aromatic rings. The molecule has 6 rings (SSSR count). The summed E-state index contributed by atoms with van der Waals surface area (Å²) in [6.45, 7) is 12.4. The van der Waals surface area contributed by atoms with Crippen molar-refractivity contribution in [3.63, 3.8) is 0 Å². The van der Waals surface area contributed by atoms with Gasteiger partial charge in [0, 0.05) is 63.8 Å². The van der Waals surface area contributed by atoms with Crippen LogP contribution in [0, 0.1) is 0 Å². The highest BCUT2D eigenvalue weighted by atomic mass is 16.5. The van der Waals surface area contributed by atoms with Gasteiger partial charge < -0.3 is 19.3 Å². The molecule has 0 spiro atoms. The van der Waals surface area contributed by atoms with Crippen molar-refractivity contribution >= 4 is 11.7 Å². The Labute approximate surface area is 237 Å². The number of benzene rings is 1. The molecule has 214 valence electrons. The molecule has 40 heavy (non-hydrogen) atoms. The summed E-state index contributed by atoms with van der Waals surface area (Å²) in [5, 5.41) is 0. The number of piperazine rings is 1. The van der Waals surface area contributed by atoms with Crippen molar-refractivity contribution in [3.05, 3.63) is 53.2 Å². The van der Waals surface area contributed by atoms with Gasteiger partial charge in [0.2, 0.25) is 5.91 Å². The van der Waals surface area contributed by atoms with Gasteiger partial charge in [0.25, 0.3) is 0 Å². The summed E-state index contributed by atoms with van der Waals surface area (Å²) in [5.41, 5.74) is 5.19. The van der Waals surface area contributed by atoms with Crippen molar-refractivity contribution in [1.29, 1.82) is 0 Å². The third-order valence-electron chi connectivity index (χ3n) is 9.08. The molecule has 1 atom stereocenters. The molecule has 9 nitrogen and oxygen atoms in total. The Balaban J connectivity index is 1.19. The van der Waals surface area contributed by atoms with Crippen LogP contribution >= 0.6 is 0 Å². The van der Waals surface area contributed by atoms with Crippen LogP contribution in [-0.2, 0) is 30.6 Å². The fraction of sp³-hybridized carbons (Fsp3) is 0.581. The van der Waals surface area contributed by atoms with Crippen LogP contribution in [0.3, 0.4) is 0 Å². The summed E-state index contributed by atoms with van der Waals surface area (Å²) < 4.78 is 11.6. The van der Waals surface area contributed by atoms with E-state index in [9.17, 15) is 4.79 Å². The zero-order chi connectivity index (χ0) is 27.5. The van der Waals surface area contributed by atoms with E-state index < -0.39 is 0 Å². The van der Waals surface area contributed by atoms with E-state index in [1.54, 1.807) is 7.11 Å². The van der Waals surface area contributed by atoms with Crippen molar-refractivity contribution in [2.24, 2.45) is 0 Å². The highest BCUT2D eigenvalue weighted by molar-refractivity contribution is 5.87. The lowest BCUT2D eigenvalue weighted by Crippen LogP contribution is -2.49. The highest BCUT2D eigenvalue weighted by Crippen LogP contribution is 2.34. The first-order chi connectivity index (χ1) is 19.6. The summed E-state index contributed by atoms with van der Waals surface area (Å²) in [7, 11) is 1.73.